The maximum absolute atomic E-state index is 4.73. The van der Waals surface area contributed by atoms with E-state index >= 15 is 0 Å². The van der Waals surface area contributed by atoms with Gasteiger partial charge in [-0.05, 0) is 121 Å². The molecule has 166 valence electrons. The summed E-state index contributed by atoms with van der Waals surface area (Å²) in [6.07, 6.45) is 11.5. The van der Waals surface area contributed by atoms with Crippen molar-refractivity contribution in [2.45, 2.75) is 84.6 Å². The number of aryl methyl sites for hydroxylation is 1. The molecule has 0 bridgehead atoms. The molecule has 0 aromatic heterocycles. The zero-order valence-electron chi connectivity index (χ0n) is 19.6. The maximum atomic E-state index is 4.73. The van der Waals surface area contributed by atoms with Crippen LogP contribution in [0.2, 0.25) is 0 Å². The van der Waals surface area contributed by atoms with Crippen LogP contribution >= 0.6 is 22.6 Å². The lowest BCUT2D eigenvalue weighted by Gasteiger charge is -2.40. The van der Waals surface area contributed by atoms with E-state index in [1.54, 1.807) is 11.1 Å². The molecular formula is C29H38IN. The monoisotopic (exact) mass is 527 g/mol. The van der Waals surface area contributed by atoms with E-state index in [1.165, 1.54) is 77.4 Å². The molecule has 2 aliphatic rings. The fourth-order valence-electron chi connectivity index (χ4n) is 5.81. The van der Waals surface area contributed by atoms with Gasteiger partial charge in [-0.1, -0.05) is 57.0 Å². The second-order valence-electron chi connectivity index (χ2n) is 10.0. The van der Waals surface area contributed by atoms with Gasteiger partial charge in [0.1, 0.15) is 0 Å². The first-order valence-electron chi connectivity index (χ1n) is 12.3. The van der Waals surface area contributed by atoms with E-state index in [4.69, 9.17) is 6.58 Å². The molecule has 2 aromatic rings. The lowest BCUT2D eigenvalue weighted by Crippen LogP contribution is -2.37. The summed E-state index contributed by atoms with van der Waals surface area (Å²) in [5, 5.41) is 0. The molecule has 0 N–H and O–H groups in total. The summed E-state index contributed by atoms with van der Waals surface area (Å²) in [4.78, 5) is 2.63. The largest absolute Gasteiger partial charge is 0.342 e. The third-order valence-electron chi connectivity index (χ3n) is 7.69. The SMILES string of the molecule is C=C(C1CCCCC1)N(c1ccc2c(c1C)C[C@H](C)CC2)[C@@H](C)Cc1ccccc1I. The molecule has 1 nitrogen and oxygen atoms in total. The van der Waals surface area contributed by atoms with E-state index in [1.807, 2.05) is 0 Å². The Bertz CT molecular complexity index is 924. The van der Waals surface area contributed by atoms with Crippen molar-refractivity contribution in [2.75, 3.05) is 4.90 Å². The Morgan fingerprint density at radius 3 is 2.58 bits per heavy atom. The molecule has 0 radical (unpaired) electrons. The molecule has 0 heterocycles. The molecule has 0 amide bonds. The zero-order valence-corrected chi connectivity index (χ0v) is 21.7. The first-order chi connectivity index (χ1) is 15.0. The van der Waals surface area contributed by atoms with E-state index < -0.39 is 0 Å². The minimum atomic E-state index is 0.392. The molecule has 2 aromatic carbocycles. The van der Waals surface area contributed by atoms with Crippen molar-refractivity contribution in [2.24, 2.45) is 11.8 Å². The summed E-state index contributed by atoms with van der Waals surface area (Å²) < 4.78 is 1.37. The number of fused-ring (bicyclic) bond motifs is 1. The number of hydrogen-bond donors (Lipinski definition) is 0. The lowest BCUT2D eigenvalue weighted by atomic mass is 9.81. The Kier molecular flexibility index (Phi) is 7.46. The minimum absolute atomic E-state index is 0.392. The van der Waals surface area contributed by atoms with Crippen molar-refractivity contribution >= 4 is 28.3 Å². The van der Waals surface area contributed by atoms with Crippen LogP contribution < -0.4 is 4.90 Å². The number of allylic oxidation sites excluding steroid dienone is 1. The molecule has 2 aliphatic carbocycles. The average Bonchev–Trinajstić information content (AvgIpc) is 2.78. The van der Waals surface area contributed by atoms with Gasteiger partial charge in [0, 0.05) is 21.0 Å². The summed E-state index contributed by atoms with van der Waals surface area (Å²) in [5.74, 6) is 1.42. The van der Waals surface area contributed by atoms with Crippen molar-refractivity contribution in [1.82, 2.24) is 0 Å². The molecule has 2 atom stereocenters. The Balaban J connectivity index is 1.71. The molecule has 0 aliphatic heterocycles. The van der Waals surface area contributed by atoms with Gasteiger partial charge in [-0.15, -0.1) is 0 Å². The molecule has 1 fully saturated rings. The molecule has 0 spiro atoms. The summed E-state index contributed by atoms with van der Waals surface area (Å²) in [6.45, 7) is 11.9. The van der Waals surface area contributed by atoms with Gasteiger partial charge in [0.15, 0.2) is 0 Å². The van der Waals surface area contributed by atoms with Crippen molar-refractivity contribution < 1.29 is 0 Å². The fraction of sp³-hybridized carbons (Fsp3) is 0.517. The molecule has 2 heteroatoms. The summed E-state index contributed by atoms with van der Waals surface area (Å²) in [6, 6.07) is 14.1. The van der Waals surface area contributed by atoms with E-state index in [0.717, 1.165) is 12.3 Å². The molecule has 0 unspecified atom stereocenters. The van der Waals surface area contributed by atoms with Crippen LogP contribution in [0.15, 0.2) is 48.7 Å². The number of nitrogens with zero attached hydrogens (tertiary/aromatic N) is 1. The van der Waals surface area contributed by atoms with Crippen molar-refractivity contribution in [3.63, 3.8) is 0 Å². The van der Waals surface area contributed by atoms with E-state index in [-0.39, 0.29) is 0 Å². The zero-order chi connectivity index (χ0) is 22.0. The third kappa shape index (κ3) is 5.05. The van der Waals surface area contributed by atoms with Crippen LogP contribution in [-0.2, 0) is 19.3 Å². The molecular weight excluding hydrogens is 489 g/mol. The Morgan fingerprint density at radius 2 is 1.84 bits per heavy atom. The third-order valence-corrected chi connectivity index (χ3v) is 8.74. The van der Waals surface area contributed by atoms with Crippen molar-refractivity contribution in [3.8, 4) is 0 Å². The van der Waals surface area contributed by atoms with Gasteiger partial charge in [-0.2, -0.15) is 0 Å². The Hall–Kier alpha value is -1.29. The number of halogens is 1. The molecule has 1 saturated carbocycles. The lowest BCUT2D eigenvalue weighted by molar-refractivity contribution is 0.391. The van der Waals surface area contributed by atoms with E-state index in [9.17, 15) is 0 Å². The van der Waals surface area contributed by atoms with Gasteiger partial charge in [0.05, 0.1) is 0 Å². The van der Waals surface area contributed by atoms with Crippen LogP contribution in [0, 0.1) is 22.3 Å². The summed E-state index contributed by atoms with van der Waals surface area (Å²) in [7, 11) is 0. The predicted molar refractivity (Wildman–Crippen MR) is 143 cm³/mol. The standard InChI is InChI=1S/C29H38IN/c1-20-14-15-25-16-17-29(22(3)27(25)18-20)31(23(4)24-10-6-5-7-11-24)21(2)19-26-12-8-9-13-28(26)30/h8-9,12-13,16-17,20-21,24H,4-7,10-11,14-15,18-19H2,1-3H3/t20-,21+/m1/s1. The van der Waals surface area contributed by atoms with Crippen LogP contribution in [0.5, 0.6) is 0 Å². The van der Waals surface area contributed by atoms with Gasteiger partial charge in [0.25, 0.3) is 0 Å². The van der Waals surface area contributed by atoms with Crippen LogP contribution in [0.4, 0.5) is 5.69 Å². The normalized spacial score (nSPS) is 20.2. The van der Waals surface area contributed by atoms with E-state index in [0.29, 0.717) is 12.0 Å². The van der Waals surface area contributed by atoms with Crippen LogP contribution in [0.1, 0.15) is 74.6 Å². The summed E-state index contributed by atoms with van der Waals surface area (Å²) in [5.41, 5.74) is 8.89. The number of hydrogen-bond acceptors (Lipinski definition) is 1. The number of rotatable bonds is 6. The van der Waals surface area contributed by atoms with Crippen molar-refractivity contribution in [3.05, 3.63) is 74.5 Å². The summed E-state index contributed by atoms with van der Waals surface area (Å²) >= 11 is 2.49. The topological polar surface area (TPSA) is 3.24 Å². The number of anilines is 1. The van der Waals surface area contributed by atoms with Crippen molar-refractivity contribution in [1.29, 1.82) is 0 Å². The van der Waals surface area contributed by atoms with Crippen LogP contribution in [0.3, 0.4) is 0 Å². The second-order valence-corrected chi connectivity index (χ2v) is 11.2. The highest BCUT2D eigenvalue weighted by molar-refractivity contribution is 14.1. The highest BCUT2D eigenvalue weighted by Crippen LogP contribution is 2.39. The van der Waals surface area contributed by atoms with Gasteiger partial charge >= 0.3 is 0 Å². The Labute approximate surface area is 203 Å². The van der Waals surface area contributed by atoms with Gasteiger partial charge in [-0.25, -0.2) is 0 Å². The van der Waals surface area contributed by atoms with Crippen LogP contribution in [-0.4, -0.2) is 6.04 Å². The molecule has 31 heavy (non-hydrogen) atoms. The highest BCUT2D eigenvalue weighted by atomic mass is 127. The fourth-order valence-corrected chi connectivity index (χ4v) is 6.42. The first kappa shape index (κ1) is 22.9. The smallest absolute Gasteiger partial charge is 0.0443 e. The van der Waals surface area contributed by atoms with Gasteiger partial charge in [-0.3, -0.25) is 0 Å². The average molecular weight is 528 g/mol. The second kappa shape index (κ2) is 10.1. The highest BCUT2D eigenvalue weighted by Gasteiger charge is 2.28. The minimum Gasteiger partial charge on any atom is -0.342 e. The molecule has 4 rings (SSSR count). The van der Waals surface area contributed by atoms with E-state index in [2.05, 4.69) is 84.7 Å². The predicted octanol–water partition coefficient (Wildman–Crippen LogP) is 8.26. The first-order valence-corrected chi connectivity index (χ1v) is 13.4. The number of benzene rings is 2. The Morgan fingerprint density at radius 1 is 1.10 bits per heavy atom. The van der Waals surface area contributed by atoms with Gasteiger partial charge < -0.3 is 4.90 Å². The molecule has 0 saturated heterocycles. The van der Waals surface area contributed by atoms with Gasteiger partial charge in [0.2, 0.25) is 0 Å². The van der Waals surface area contributed by atoms with Crippen LogP contribution in [0.25, 0.3) is 0 Å². The quantitative estimate of drug-likeness (QED) is 0.342. The maximum Gasteiger partial charge on any atom is 0.0443 e.